The van der Waals surface area contributed by atoms with Crippen LogP contribution in [0.15, 0.2) is 24.8 Å². The second-order valence-corrected chi connectivity index (χ2v) is 3.13. The Morgan fingerprint density at radius 2 is 2.11 bits per heavy atom. The lowest BCUT2D eigenvalue weighted by atomic mass is 10.1. The molecule has 1 atom stereocenters. The Kier molecular flexibility index (Phi) is 1.48. The summed E-state index contributed by atoms with van der Waals surface area (Å²) in [5.41, 5.74) is 0.458. The minimum Gasteiger partial charge on any atom is -0.0991 e. The fraction of sp³-hybridized carbons (Fsp3) is 0.444. The molecule has 0 nitrogen and oxygen atoms in total. The first kappa shape index (κ1) is 6.60. The summed E-state index contributed by atoms with van der Waals surface area (Å²) >= 11 is 0. The second kappa shape index (κ2) is 2.02. The van der Waals surface area contributed by atoms with Gasteiger partial charge in [0, 0.05) is 0 Å². The van der Waals surface area contributed by atoms with Gasteiger partial charge in [0.2, 0.25) is 0 Å². The molecule has 1 saturated carbocycles. The fourth-order valence-electron chi connectivity index (χ4n) is 0.917. The van der Waals surface area contributed by atoms with E-state index in [-0.39, 0.29) is 0 Å². The number of allylic oxidation sites excluding steroid dienone is 3. The van der Waals surface area contributed by atoms with Crippen LogP contribution in [0.5, 0.6) is 0 Å². The van der Waals surface area contributed by atoms with E-state index in [1.807, 2.05) is 12.2 Å². The van der Waals surface area contributed by atoms with E-state index in [2.05, 4.69) is 32.9 Å². The molecule has 1 unspecified atom stereocenters. The van der Waals surface area contributed by atoms with Crippen molar-refractivity contribution >= 4 is 0 Å². The first-order valence-corrected chi connectivity index (χ1v) is 3.32. The minimum absolute atomic E-state index is 0.458. The molecule has 0 saturated heterocycles. The summed E-state index contributed by atoms with van der Waals surface area (Å²) in [7, 11) is 0. The van der Waals surface area contributed by atoms with Gasteiger partial charge in [-0.15, -0.1) is 0 Å². The molecule has 0 aliphatic heterocycles. The lowest BCUT2D eigenvalue weighted by Gasteiger charge is -1.93. The third-order valence-electron chi connectivity index (χ3n) is 1.81. The summed E-state index contributed by atoms with van der Waals surface area (Å²) in [5.74, 6) is 0.690. The van der Waals surface area contributed by atoms with Gasteiger partial charge in [0.1, 0.15) is 0 Å². The Morgan fingerprint density at radius 1 is 1.56 bits per heavy atom. The third kappa shape index (κ3) is 1.44. The van der Waals surface area contributed by atoms with E-state index < -0.39 is 0 Å². The molecule has 1 radical (unpaired) electrons. The van der Waals surface area contributed by atoms with E-state index in [0.29, 0.717) is 11.3 Å². The molecule has 9 heavy (non-hydrogen) atoms. The molecule has 0 N–H and O–H groups in total. The smallest absolute Gasteiger partial charge is 0.0139 e. The molecule has 0 aromatic rings. The predicted molar refractivity (Wildman–Crippen MR) is 40.9 cm³/mol. The number of hydrogen-bond donors (Lipinski definition) is 0. The molecule has 0 aromatic carbocycles. The van der Waals surface area contributed by atoms with Crippen molar-refractivity contribution in [3.8, 4) is 0 Å². The van der Waals surface area contributed by atoms with Crippen LogP contribution in [-0.2, 0) is 0 Å². The van der Waals surface area contributed by atoms with Gasteiger partial charge in [-0.25, -0.2) is 0 Å². The Labute approximate surface area is 57.3 Å². The normalized spacial score (nSPS) is 30.7. The van der Waals surface area contributed by atoms with Gasteiger partial charge < -0.3 is 0 Å². The van der Waals surface area contributed by atoms with E-state index in [9.17, 15) is 0 Å². The SMILES string of the molecule is C=C/C=C/C1[CH]C1(C)C. The monoisotopic (exact) mass is 121 g/mol. The highest BCUT2D eigenvalue weighted by molar-refractivity contribution is 5.23. The van der Waals surface area contributed by atoms with Crippen molar-refractivity contribution in [1.29, 1.82) is 0 Å². The van der Waals surface area contributed by atoms with Crippen molar-refractivity contribution in [2.45, 2.75) is 13.8 Å². The average Bonchev–Trinajstić information content (AvgIpc) is 2.35. The van der Waals surface area contributed by atoms with Gasteiger partial charge >= 0.3 is 0 Å². The Balaban J connectivity index is 2.35. The molecule has 49 valence electrons. The van der Waals surface area contributed by atoms with E-state index in [1.165, 1.54) is 0 Å². The summed E-state index contributed by atoms with van der Waals surface area (Å²) < 4.78 is 0. The molecule has 1 fully saturated rings. The topological polar surface area (TPSA) is 0 Å². The Morgan fingerprint density at radius 3 is 2.44 bits per heavy atom. The predicted octanol–water partition coefficient (Wildman–Crippen LogP) is 2.59. The zero-order chi connectivity index (χ0) is 6.91. The molecular weight excluding hydrogens is 108 g/mol. The number of rotatable bonds is 2. The largest absolute Gasteiger partial charge is 0.0991 e. The van der Waals surface area contributed by atoms with Gasteiger partial charge in [0.05, 0.1) is 0 Å². The molecule has 1 rings (SSSR count). The van der Waals surface area contributed by atoms with Gasteiger partial charge in [0.25, 0.3) is 0 Å². The molecule has 0 spiro atoms. The standard InChI is InChI=1S/C9H13/c1-4-5-6-8-7-9(8,2)3/h4-8H,1H2,2-3H3/b6-5+. The first-order valence-electron chi connectivity index (χ1n) is 3.32. The molecule has 0 heteroatoms. The average molecular weight is 121 g/mol. The van der Waals surface area contributed by atoms with E-state index in [1.54, 1.807) is 0 Å². The van der Waals surface area contributed by atoms with Crippen LogP contribution in [0.2, 0.25) is 0 Å². The van der Waals surface area contributed by atoms with E-state index in [0.717, 1.165) is 0 Å². The summed E-state index contributed by atoms with van der Waals surface area (Å²) in [6, 6.07) is 0. The quantitative estimate of drug-likeness (QED) is 0.492. The molecule has 1 aliphatic rings. The minimum atomic E-state index is 0.458. The van der Waals surface area contributed by atoms with Crippen LogP contribution < -0.4 is 0 Å². The molecule has 1 aliphatic carbocycles. The highest BCUT2D eigenvalue weighted by Crippen LogP contribution is 2.50. The second-order valence-electron chi connectivity index (χ2n) is 3.13. The zero-order valence-corrected chi connectivity index (χ0v) is 6.09. The van der Waals surface area contributed by atoms with Gasteiger partial charge in [0.15, 0.2) is 0 Å². The lowest BCUT2D eigenvalue weighted by molar-refractivity contribution is 0.625. The summed E-state index contributed by atoms with van der Waals surface area (Å²) in [6.07, 6.45) is 8.35. The maximum absolute atomic E-state index is 3.61. The van der Waals surface area contributed by atoms with Crippen molar-refractivity contribution in [3.05, 3.63) is 31.2 Å². The van der Waals surface area contributed by atoms with Gasteiger partial charge in [-0.05, 0) is 17.8 Å². The maximum Gasteiger partial charge on any atom is -0.0139 e. The lowest BCUT2D eigenvalue weighted by Crippen LogP contribution is -1.84. The van der Waals surface area contributed by atoms with Crippen molar-refractivity contribution < 1.29 is 0 Å². The van der Waals surface area contributed by atoms with Crippen LogP contribution in [-0.4, -0.2) is 0 Å². The Bertz CT molecular complexity index is 140. The summed E-state index contributed by atoms with van der Waals surface area (Å²) in [6.45, 7) is 8.09. The zero-order valence-electron chi connectivity index (χ0n) is 6.09. The van der Waals surface area contributed by atoms with Gasteiger partial charge in [-0.1, -0.05) is 38.7 Å². The summed E-state index contributed by atoms with van der Waals surface area (Å²) in [4.78, 5) is 0. The molecule has 0 amide bonds. The summed E-state index contributed by atoms with van der Waals surface area (Å²) in [5, 5.41) is 0. The van der Waals surface area contributed by atoms with Crippen molar-refractivity contribution in [2.75, 3.05) is 0 Å². The van der Waals surface area contributed by atoms with Crippen molar-refractivity contribution in [1.82, 2.24) is 0 Å². The fourth-order valence-corrected chi connectivity index (χ4v) is 0.917. The van der Waals surface area contributed by atoms with Crippen LogP contribution >= 0.6 is 0 Å². The Hall–Kier alpha value is -0.520. The molecular formula is C9H13. The van der Waals surface area contributed by atoms with Crippen LogP contribution in [0.25, 0.3) is 0 Å². The third-order valence-corrected chi connectivity index (χ3v) is 1.81. The first-order chi connectivity index (χ1) is 4.17. The molecule has 0 heterocycles. The van der Waals surface area contributed by atoms with Crippen molar-refractivity contribution in [2.24, 2.45) is 11.3 Å². The van der Waals surface area contributed by atoms with Crippen LogP contribution in [0, 0.1) is 17.8 Å². The highest BCUT2D eigenvalue weighted by Gasteiger charge is 2.43. The maximum atomic E-state index is 3.61. The van der Waals surface area contributed by atoms with Gasteiger partial charge in [-0.3, -0.25) is 0 Å². The number of hydrogen-bond acceptors (Lipinski definition) is 0. The molecule has 0 aromatic heterocycles. The van der Waals surface area contributed by atoms with Crippen LogP contribution in [0.3, 0.4) is 0 Å². The van der Waals surface area contributed by atoms with Crippen molar-refractivity contribution in [3.63, 3.8) is 0 Å². The van der Waals surface area contributed by atoms with Crippen LogP contribution in [0.1, 0.15) is 13.8 Å². The highest BCUT2D eigenvalue weighted by atomic mass is 14.5. The van der Waals surface area contributed by atoms with Gasteiger partial charge in [-0.2, -0.15) is 0 Å². The van der Waals surface area contributed by atoms with E-state index in [4.69, 9.17) is 0 Å². The van der Waals surface area contributed by atoms with E-state index >= 15 is 0 Å². The molecule has 0 bridgehead atoms. The van der Waals surface area contributed by atoms with Crippen LogP contribution in [0.4, 0.5) is 0 Å².